The normalized spacial score (nSPS) is 13.5. The van der Waals surface area contributed by atoms with Gasteiger partial charge >= 0.3 is 0 Å². The molecule has 1 saturated carbocycles. The van der Waals surface area contributed by atoms with Crippen molar-refractivity contribution in [1.82, 2.24) is 24.5 Å². The van der Waals surface area contributed by atoms with Crippen molar-refractivity contribution in [3.05, 3.63) is 64.7 Å². The molecule has 1 fully saturated rings. The highest BCUT2D eigenvalue weighted by atomic mass is 79.9. The summed E-state index contributed by atoms with van der Waals surface area (Å²) >= 11 is 3.39. The van der Waals surface area contributed by atoms with Crippen molar-refractivity contribution in [2.75, 3.05) is 5.32 Å². The van der Waals surface area contributed by atoms with Crippen LogP contribution in [0, 0.1) is 6.92 Å². The number of hydrogen-bond donors (Lipinski definition) is 1. The average molecular weight is 481 g/mol. The molecule has 158 valence electrons. The van der Waals surface area contributed by atoms with Crippen LogP contribution in [0.2, 0.25) is 0 Å². The minimum atomic E-state index is -0.184. The predicted molar refractivity (Wildman–Crippen MR) is 120 cm³/mol. The molecule has 8 nitrogen and oxygen atoms in total. The van der Waals surface area contributed by atoms with Gasteiger partial charge in [-0.3, -0.25) is 4.79 Å². The molecule has 31 heavy (non-hydrogen) atoms. The predicted octanol–water partition coefficient (Wildman–Crippen LogP) is 4.25. The van der Waals surface area contributed by atoms with Gasteiger partial charge in [0.15, 0.2) is 12.4 Å². The number of halogens is 1. The van der Waals surface area contributed by atoms with E-state index in [-0.39, 0.29) is 19.2 Å². The summed E-state index contributed by atoms with van der Waals surface area (Å²) in [4.78, 5) is 17.1. The van der Waals surface area contributed by atoms with Crippen LogP contribution in [0.3, 0.4) is 0 Å². The second-order valence-corrected chi connectivity index (χ2v) is 8.58. The van der Waals surface area contributed by atoms with E-state index in [1.807, 2.05) is 31.2 Å². The smallest absolute Gasteiger partial charge is 0.246 e. The summed E-state index contributed by atoms with van der Waals surface area (Å²) in [5.41, 5.74) is 3.57. The maximum atomic E-state index is 12.6. The van der Waals surface area contributed by atoms with Crippen molar-refractivity contribution in [2.45, 2.75) is 39.0 Å². The van der Waals surface area contributed by atoms with Crippen molar-refractivity contribution in [3.63, 3.8) is 0 Å². The van der Waals surface area contributed by atoms with E-state index in [0.29, 0.717) is 11.6 Å². The summed E-state index contributed by atoms with van der Waals surface area (Å²) < 4.78 is 9.97. The molecule has 0 bridgehead atoms. The Kier molecular flexibility index (Phi) is 5.19. The van der Waals surface area contributed by atoms with Crippen LogP contribution in [0.5, 0.6) is 5.75 Å². The van der Waals surface area contributed by atoms with Crippen LogP contribution in [0.25, 0.3) is 11.0 Å². The van der Waals surface area contributed by atoms with Gasteiger partial charge in [0, 0.05) is 16.1 Å². The van der Waals surface area contributed by atoms with E-state index in [1.54, 1.807) is 28.0 Å². The van der Waals surface area contributed by atoms with Gasteiger partial charge in [-0.25, -0.2) is 14.3 Å². The molecule has 3 heterocycles. The highest BCUT2D eigenvalue weighted by Crippen LogP contribution is 2.43. The van der Waals surface area contributed by atoms with Crippen LogP contribution in [0.4, 0.5) is 5.69 Å². The van der Waals surface area contributed by atoms with E-state index in [9.17, 15) is 4.79 Å². The lowest BCUT2D eigenvalue weighted by atomic mass is 10.1. The fraction of sp³-hybridized carbons (Fsp3) is 0.273. The Bertz CT molecular complexity index is 1240. The molecule has 3 aromatic heterocycles. The maximum absolute atomic E-state index is 12.6. The van der Waals surface area contributed by atoms with E-state index in [2.05, 4.69) is 42.5 Å². The number of fused-ring (bicyclic) bond motifs is 1. The number of hydrogen-bond acceptors (Lipinski definition) is 5. The standard InChI is InChI=1S/C22H21BrN6O2/c1-14-21-19(15-2-3-15)8-9-24-22(21)29(27-14)12-20(30)26-17-10-25-28(11-17)13-31-18-6-4-16(23)5-7-18/h4-11,15H,2-3,12-13H2,1H3,(H,26,30). The number of nitrogens with zero attached hydrogens (tertiary/aromatic N) is 5. The fourth-order valence-corrected chi connectivity index (χ4v) is 3.93. The zero-order chi connectivity index (χ0) is 21.4. The molecule has 4 aromatic rings. The number of anilines is 1. The van der Waals surface area contributed by atoms with E-state index >= 15 is 0 Å². The number of nitrogens with one attached hydrogen (secondary N) is 1. The minimum absolute atomic E-state index is 0.0893. The van der Waals surface area contributed by atoms with Gasteiger partial charge in [-0.15, -0.1) is 0 Å². The van der Waals surface area contributed by atoms with Gasteiger partial charge < -0.3 is 10.1 Å². The summed E-state index contributed by atoms with van der Waals surface area (Å²) in [6.45, 7) is 2.31. The molecule has 0 atom stereocenters. The molecule has 1 aliphatic rings. The monoisotopic (exact) mass is 480 g/mol. The summed E-state index contributed by atoms with van der Waals surface area (Å²) in [6.07, 6.45) is 7.55. The molecule has 0 spiro atoms. The Morgan fingerprint density at radius 2 is 2.06 bits per heavy atom. The van der Waals surface area contributed by atoms with Crippen LogP contribution < -0.4 is 10.1 Å². The molecule has 0 unspecified atom stereocenters. The van der Waals surface area contributed by atoms with Gasteiger partial charge in [0.05, 0.1) is 23.8 Å². The summed E-state index contributed by atoms with van der Waals surface area (Å²) in [7, 11) is 0. The van der Waals surface area contributed by atoms with Gasteiger partial charge in [-0.1, -0.05) is 15.9 Å². The fourth-order valence-electron chi connectivity index (χ4n) is 3.66. The molecule has 9 heteroatoms. The molecular weight excluding hydrogens is 460 g/mol. The number of ether oxygens (including phenoxy) is 1. The Balaban J connectivity index is 1.23. The Labute approximate surface area is 187 Å². The Morgan fingerprint density at radius 3 is 2.84 bits per heavy atom. The Hall–Kier alpha value is -3.20. The second-order valence-electron chi connectivity index (χ2n) is 7.66. The SMILES string of the molecule is Cc1nn(CC(=O)Nc2cnn(COc3ccc(Br)cc3)c2)c2nccc(C3CC3)c12. The van der Waals surface area contributed by atoms with E-state index in [0.717, 1.165) is 26.9 Å². The second kappa shape index (κ2) is 8.14. The van der Waals surface area contributed by atoms with Crippen molar-refractivity contribution in [1.29, 1.82) is 0 Å². The molecular formula is C22H21BrN6O2. The van der Waals surface area contributed by atoms with Crippen molar-refractivity contribution in [3.8, 4) is 5.75 Å². The first-order chi connectivity index (χ1) is 15.1. The molecule has 0 aliphatic heterocycles. The topological polar surface area (TPSA) is 86.9 Å². The number of carbonyl (C=O) groups is 1. The lowest BCUT2D eigenvalue weighted by Gasteiger charge is -2.06. The third kappa shape index (κ3) is 4.32. The third-order valence-corrected chi connectivity index (χ3v) is 5.77. The molecule has 0 radical (unpaired) electrons. The maximum Gasteiger partial charge on any atom is 0.246 e. The quantitative estimate of drug-likeness (QED) is 0.427. The number of carbonyl (C=O) groups excluding carboxylic acids is 1. The lowest BCUT2D eigenvalue weighted by Crippen LogP contribution is -2.19. The van der Waals surface area contributed by atoms with E-state index < -0.39 is 0 Å². The Morgan fingerprint density at radius 1 is 1.26 bits per heavy atom. The van der Waals surface area contributed by atoms with Crippen LogP contribution in [0.1, 0.15) is 30.0 Å². The first kappa shape index (κ1) is 19.7. The zero-order valence-electron chi connectivity index (χ0n) is 17.0. The van der Waals surface area contributed by atoms with Gasteiger partial charge in [0.2, 0.25) is 5.91 Å². The van der Waals surface area contributed by atoms with Crippen molar-refractivity contribution < 1.29 is 9.53 Å². The number of pyridine rings is 1. The zero-order valence-corrected chi connectivity index (χ0v) is 18.5. The van der Waals surface area contributed by atoms with Gasteiger partial charge in [-0.05, 0) is 61.6 Å². The van der Waals surface area contributed by atoms with Crippen LogP contribution >= 0.6 is 15.9 Å². The van der Waals surface area contributed by atoms with Crippen molar-refractivity contribution >= 4 is 38.6 Å². The molecule has 0 saturated heterocycles. The largest absolute Gasteiger partial charge is 0.471 e. The first-order valence-electron chi connectivity index (χ1n) is 10.1. The van der Waals surface area contributed by atoms with Crippen LogP contribution in [-0.4, -0.2) is 30.5 Å². The van der Waals surface area contributed by atoms with E-state index in [1.165, 1.54) is 18.4 Å². The number of aromatic nitrogens is 5. The molecule has 1 N–H and O–H groups in total. The van der Waals surface area contributed by atoms with Crippen LogP contribution in [0.15, 0.2) is 53.4 Å². The molecule has 5 rings (SSSR count). The van der Waals surface area contributed by atoms with Crippen LogP contribution in [-0.2, 0) is 18.1 Å². The first-order valence-corrected chi connectivity index (χ1v) is 10.9. The lowest BCUT2D eigenvalue weighted by molar-refractivity contribution is -0.116. The summed E-state index contributed by atoms with van der Waals surface area (Å²) in [6, 6.07) is 9.63. The van der Waals surface area contributed by atoms with E-state index in [4.69, 9.17) is 4.74 Å². The molecule has 1 aromatic carbocycles. The van der Waals surface area contributed by atoms with Crippen molar-refractivity contribution in [2.24, 2.45) is 0 Å². The van der Waals surface area contributed by atoms with Gasteiger partial charge in [-0.2, -0.15) is 10.2 Å². The highest BCUT2D eigenvalue weighted by Gasteiger charge is 2.27. The number of benzene rings is 1. The molecule has 1 amide bonds. The summed E-state index contributed by atoms with van der Waals surface area (Å²) in [5.74, 6) is 1.15. The average Bonchev–Trinajstić information content (AvgIpc) is 3.44. The minimum Gasteiger partial charge on any atom is -0.471 e. The number of rotatable bonds is 7. The third-order valence-electron chi connectivity index (χ3n) is 5.24. The summed E-state index contributed by atoms with van der Waals surface area (Å²) in [5, 5.41) is 12.7. The number of aryl methyl sites for hydroxylation is 1. The van der Waals surface area contributed by atoms with Gasteiger partial charge in [0.25, 0.3) is 0 Å². The highest BCUT2D eigenvalue weighted by molar-refractivity contribution is 9.10. The molecule has 1 aliphatic carbocycles. The van der Waals surface area contributed by atoms with Gasteiger partial charge in [0.1, 0.15) is 12.3 Å². The number of amides is 1.